The van der Waals surface area contributed by atoms with Crippen molar-refractivity contribution in [3.8, 4) is 11.5 Å². The Bertz CT molecular complexity index is 920. The van der Waals surface area contributed by atoms with Gasteiger partial charge in [-0.3, -0.25) is 9.59 Å². The van der Waals surface area contributed by atoms with Gasteiger partial charge in [0.25, 0.3) is 0 Å². The van der Waals surface area contributed by atoms with Gasteiger partial charge in [0.05, 0.1) is 13.2 Å². The van der Waals surface area contributed by atoms with Gasteiger partial charge in [-0.1, -0.05) is 58.9 Å². The maximum atomic E-state index is 12.5. The number of ether oxygens (including phenoxy) is 6. The fraction of sp³-hybridized carbons (Fsp3) is 0.655. The van der Waals surface area contributed by atoms with Crippen LogP contribution in [0.3, 0.4) is 0 Å². The van der Waals surface area contributed by atoms with Gasteiger partial charge in [-0.05, 0) is 50.3 Å². The molecule has 2 N–H and O–H groups in total. The Morgan fingerprint density at radius 2 is 1.35 bits per heavy atom. The van der Waals surface area contributed by atoms with Gasteiger partial charge in [0, 0.05) is 6.42 Å². The number of carbonyl (C=O) groups excluding carboxylic acids is 4. The van der Waals surface area contributed by atoms with Gasteiger partial charge >= 0.3 is 24.2 Å². The Hall–Kier alpha value is -3.34. The summed E-state index contributed by atoms with van der Waals surface area (Å²) in [6.07, 6.45) is 4.50. The molecular weight excluding hydrogens is 522 g/mol. The molecule has 0 unspecified atom stereocenters. The molecule has 0 heterocycles. The summed E-state index contributed by atoms with van der Waals surface area (Å²) in [5.41, 5.74) is 6.56. The summed E-state index contributed by atoms with van der Waals surface area (Å²) in [4.78, 5) is 48.5. The molecule has 0 saturated heterocycles. The highest BCUT2D eigenvalue weighted by Gasteiger charge is 2.22. The molecule has 0 aliphatic carbocycles. The van der Waals surface area contributed by atoms with Crippen molar-refractivity contribution < 1.29 is 47.6 Å². The minimum Gasteiger partial charge on any atom is -0.462 e. The van der Waals surface area contributed by atoms with Crippen LogP contribution in [0, 0.1) is 0 Å². The molecule has 0 radical (unpaired) electrons. The SMILES string of the molecule is CCCCCOC(=O)Oc1ccc(C[C@H](N)C(=O)O[C@@H](C)COC(=O)CCCC)cc1OC(=O)OCCCCC. The van der Waals surface area contributed by atoms with Crippen LogP contribution >= 0.6 is 0 Å². The summed E-state index contributed by atoms with van der Waals surface area (Å²) in [7, 11) is 0. The topological polar surface area (TPSA) is 150 Å². The fourth-order valence-corrected chi connectivity index (χ4v) is 3.36. The van der Waals surface area contributed by atoms with Crippen LogP contribution < -0.4 is 15.2 Å². The number of rotatable bonds is 19. The van der Waals surface area contributed by atoms with Gasteiger partial charge < -0.3 is 34.2 Å². The average molecular weight is 568 g/mol. The zero-order valence-corrected chi connectivity index (χ0v) is 24.2. The summed E-state index contributed by atoms with van der Waals surface area (Å²) in [6, 6.07) is 3.37. The molecule has 0 aromatic heterocycles. The van der Waals surface area contributed by atoms with Crippen molar-refractivity contribution in [1.29, 1.82) is 0 Å². The smallest absolute Gasteiger partial charge is 0.462 e. The van der Waals surface area contributed by atoms with Crippen molar-refractivity contribution in [3.63, 3.8) is 0 Å². The van der Waals surface area contributed by atoms with E-state index >= 15 is 0 Å². The van der Waals surface area contributed by atoms with Gasteiger partial charge in [-0.25, -0.2) is 9.59 Å². The van der Waals surface area contributed by atoms with Crippen LogP contribution in [0.25, 0.3) is 0 Å². The number of esters is 2. The number of hydrogen-bond donors (Lipinski definition) is 1. The number of benzene rings is 1. The lowest BCUT2D eigenvalue weighted by Gasteiger charge is -2.17. The van der Waals surface area contributed by atoms with Crippen LogP contribution in [0.15, 0.2) is 18.2 Å². The summed E-state index contributed by atoms with van der Waals surface area (Å²) in [5, 5.41) is 0. The van der Waals surface area contributed by atoms with E-state index in [4.69, 9.17) is 34.2 Å². The predicted molar refractivity (Wildman–Crippen MR) is 147 cm³/mol. The van der Waals surface area contributed by atoms with Crippen molar-refractivity contribution in [2.75, 3.05) is 19.8 Å². The van der Waals surface area contributed by atoms with E-state index < -0.39 is 30.4 Å². The third-order valence-electron chi connectivity index (χ3n) is 5.62. The van der Waals surface area contributed by atoms with E-state index in [0.717, 1.165) is 38.5 Å². The Morgan fingerprint density at radius 3 is 1.93 bits per heavy atom. The second-order valence-electron chi connectivity index (χ2n) is 9.44. The van der Waals surface area contributed by atoms with E-state index in [0.29, 0.717) is 24.8 Å². The molecule has 0 amide bonds. The van der Waals surface area contributed by atoms with E-state index in [1.54, 1.807) is 13.0 Å². The molecule has 1 aromatic carbocycles. The first-order valence-electron chi connectivity index (χ1n) is 14.1. The summed E-state index contributed by atoms with van der Waals surface area (Å²) in [6.45, 7) is 7.95. The molecular formula is C29H45NO10. The summed E-state index contributed by atoms with van der Waals surface area (Å²) < 4.78 is 31.1. The first-order valence-corrected chi connectivity index (χ1v) is 14.1. The van der Waals surface area contributed by atoms with Crippen molar-refractivity contribution in [3.05, 3.63) is 23.8 Å². The first-order chi connectivity index (χ1) is 19.2. The Morgan fingerprint density at radius 1 is 0.775 bits per heavy atom. The normalized spacial score (nSPS) is 12.1. The van der Waals surface area contributed by atoms with Crippen LogP contribution in [-0.4, -0.2) is 56.2 Å². The summed E-state index contributed by atoms with van der Waals surface area (Å²) in [5.74, 6) is -1.18. The highest BCUT2D eigenvalue weighted by molar-refractivity contribution is 5.76. The molecule has 226 valence electrons. The highest BCUT2D eigenvalue weighted by atomic mass is 16.7. The third kappa shape index (κ3) is 15.3. The Kier molecular flexibility index (Phi) is 17.8. The lowest BCUT2D eigenvalue weighted by atomic mass is 10.1. The van der Waals surface area contributed by atoms with Gasteiger partial charge in [-0.2, -0.15) is 0 Å². The number of nitrogens with two attached hydrogens (primary N) is 1. The largest absolute Gasteiger partial charge is 0.513 e. The van der Waals surface area contributed by atoms with E-state index in [-0.39, 0.29) is 43.7 Å². The van der Waals surface area contributed by atoms with Crippen molar-refractivity contribution in [1.82, 2.24) is 0 Å². The number of hydrogen-bond acceptors (Lipinski definition) is 11. The molecule has 2 atom stereocenters. The lowest BCUT2D eigenvalue weighted by molar-refractivity contribution is -0.159. The average Bonchev–Trinajstić information content (AvgIpc) is 2.92. The van der Waals surface area contributed by atoms with Crippen molar-refractivity contribution in [2.45, 2.75) is 104 Å². The van der Waals surface area contributed by atoms with Gasteiger partial charge in [0.1, 0.15) is 18.8 Å². The number of unbranched alkanes of at least 4 members (excludes halogenated alkanes) is 5. The molecule has 0 bridgehead atoms. The van der Waals surface area contributed by atoms with Crippen molar-refractivity contribution >= 4 is 24.2 Å². The monoisotopic (exact) mass is 567 g/mol. The van der Waals surface area contributed by atoms with E-state index in [1.807, 2.05) is 20.8 Å². The zero-order chi connectivity index (χ0) is 29.8. The fourth-order valence-electron chi connectivity index (χ4n) is 3.36. The van der Waals surface area contributed by atoms with Crippen LogP contribution in [0.2, 0.25) is 0 Å². The molecule has 0 aliphatic rings. The Labute approximate surface area is 236 Å². The van der Waals surface area contributed by atoms with Crippen LogP contribution in [0.5, 0.6) is 11.5 Å². The highest BCUT2D eigenvalue weighted by Crippen LogP contribution is 2.30. The van der Waals surface area contributed by atoms with Crippen LogP contribution in [0.1, 0.15) is 91.0 Å². The molecule has 0 fully saturated rings. The quantitative estimate of drug-likeness (QED) is 0.0958. The lowest BCUT2D eigenvalue weighted by Crippen LogP contribution is -2.37. The maximum absolute atomic E-state index is 12.5. The molecule has 0 aliphatic heterocycles. The number of carbonyl (C=O) groups is 4. The van der Waals surface area contributed by atoms with Crippen LogP contribution in [0.4, 0.5) is 9.59 Å². The predicted octanol–water partition coefficient (Wildman–Crippen LogP) is 5.63. The second-order valence-corrected chi connectivity index (χ2v) is 9.44. The maximum Gasteiger partial charge on any atom is 0.513 e. The van der Waals surface area contributed by atoms with Gasteiger partial charge in [0.15, 0.2) is 11.5 Å². The first kappa shape index (κ1) is 34.7. The third-order valence-corrected chi connectivity index (χ3v) is 5.62. The molecule has 40 heavy (non-hydrogen) atoms. The Balaban J connectivity index is 2.82. The van der Waals surface area contributed by atoms with Crippen LogP contribution in [-0.2, 0) is 35.0 Å². The van der Waals surface area contributed by atoms with E-state index in [2.05, 4.69) is 0 Å². The molecule has 11 heteroatoms. The van der Waals surface area contributed by atoms with E-state index in [1.165, 1.54) is 12.1 Å². The van der Waals surface area contributed by atoms with Gasteiger partial charge in [0.2, 0.25) is 0 Å². The molecule has 1 rings (SSSR count). The van der Waals surface area contributed by atoms with Crippen molar-refractivity contribution in [2.24, 2.45) is 5.73 Å². The molecule has 0 saturated carbocycles. The molecule has 1 aromatic rings. The molecule has 11 nitrogen and oxygen atoms in total. The van der Waals surface area contributed by atoms with Gasteiger partial charge in [-0.15, -0.1) is 0 Å². The minimum atomic E-state index is -1.05. The second kappa shape index (κ2) is 20.5. The minimum absolute atomic E-state index is 0.0332. The van der Waals surface area contributed by atoms with E-state index in [9.17, 15) is 19.2 Å². The summed E-state index contributed by atoms with van der Waals surface area (Å²) >= 11 is 0. The standard InChI is InChI=1S/C29H45NO10/c1-5-8-11-16-35-28(33)39-24-15-14-22(19-25(24)40-29(34)36-17-12-9-6-2)18-23(30)27(32)38-21(4)20-37-26(31)13-10-7-3/h14-15,19,21,23H,5-13,16-18,20,30H2,1-4H3/t21-,23-/m0/s1. The molecule has 0 spiro atoms. The zero-order valence-electron chi connectivity index (χ0n) is 24.2.